The summed E-state index contributed by atoms with van der Waals surface area (Å²) in [6.07, 6.45) is 1.77. The van der Waals surface area contributed by atoms with Crippen LogP contribution in [0, 0.1) is 25.7 Å². The molecular formula is C24H23ClN2O3. The number of carbonyl (C=O) groups is 3. The smallest absolute Gasteiger partial charge is 0.239 e. The lowest BCUT2D eigenvalue weighted by Crippen LogP contribution is -2.46. The van der Waals surface area contributed by atoms with E-state index in [1.165, 1.54) is 4.90 Å². The molecule has 0 unspecified atom stereocenters. The number of hydrogen-bond donors (Lipinski definition) is 0. The first kappa shape index (κ1) is 19.5. The molecule has 2 aromatic rings. The molecule has 3 fully saturated rings. The quantitative estimate of drug-likeness (QED) is 0.557. The van der Waals surface area contributed by atoms with Gasteiger partial charge in [0, 0.05) is 16.6 Å². The minimum Gasteiger partial charge on any atom is -0.292 e. The minimum absolute atomic E-state index is 0.0522. The molecule has 154 valence electrons. The lowest BCUT2D eigenvalue weighted by Gasteiger charge is -2.27. The Balaban J connectivity index is 1.56. The summed E-state index contributed by atoms with van der Waals surface area (Å²) in [5, 5.41) is 0.558. The lowest BCUT2D eigenvalue weighted by atomic mass is 9.85. The first-order chi connectivity index (χ1) is 14.4. The second-order valence-corrected chi connectivity index (χ2v) is 9.11. The van der Waals surface area contributed by atoms with E-state index in [9.17, 15) is 14.4 Å². The van der Waals surface area contributed by atoms with Crippen molar-refractivity contribution in [2.45, 2.75) is 38.8 Å². The highest BCUT2D eigenvalue weighted by atomic mass is 35.5. The van der Waals surface area contributed by atoms with Gasteiger partial charge in [-0.2, -0.15) is 0 Å². The summed E-state index contributed by atoms with van der Waals surface area (Å²) in [5.74, 6) is -1.61. The van der Waals surface area contributed by atoms with Crippen molar-refractivity contribution in [1.82, 2.24) is 4.90 Å². The molecule has 0 radical (unpaired) electrons. The summed E-state index contributed by atoms with van der Waals surface area (Å²) in [4.78, 5) is 43.9. The monoisotopic (exact) mass is 422 g/mol. The predicted octanol–water partition coefficient (Wildman–Crippen LogP) is 3.79. The molecule has 3 aliphatic heterocycles. The number of imide groups is 1. The molecule has 3 saturated heterocycles. The zero-order chi connectivity index (χ0) is 21.2. The standard InChI is InChI=1S/C24H23ClN2O3/c1-13-10-14(2)12-17(11-13)27-23(29)19-18-4-3-9-26(18)21(20(19)24(27)30)22(28)15-5-7-16(25)8-6-15/h5-8,10-12,18-21H,3-4,9H2,1-2H3/t18-,19-,20+,21-/m1/s1. The zero-order valence-corrected chi connectivity index (χ0v) is 17.7. The van der Waals surface area contributed by atoms with Gasteiger partial charge in [0.2, 0.25) is 11.8 Å². The number of ketones is 1. The molecular weight excluding hydrogens is 400 g/mol. The minimum atomic E-state index is -0.633. The number of amides is 2. The van der Waals surface area contributed by atoms with Crippen molar-refractivity contribution < 1.29 is 14.4 Å². The molecule has 0 saturated carbocycles. The summed E-state index contributed by atoms with van der Waals surface area (Å²) >= 11 is 5.98. The van der Waals surface area contributed by atoms with Crippen LogP contribution in [0.1, 0.15) is 34.3 Å². The van der Waals surface area contributed by atoms with E-state index in [1.807, 2.05) is 32.0 Å². The second-order valence-electron chi connectivity index (χ2n) is 8.67. The van der Waals surface area contributed by atoms with E-state index in [0.29, 0.717) is 16.3 Å². The Kier molecular flexibility index (Phi) is 4.56. The SMILES string of the molecule is Cc1cc(C)cc(N2C(=O)[C@H]3[C@H](C2=O)[C@H](C(=O)c2ccc(Cl)cc2)N2CCC[C@H]32)c1. The molecule has 0 spiro atoms. The number of aryl methyl sites for hydroxylation is 2. The van der Waals surface area contributed by atoms with Crippen LogP contribution >= 0.6 is 11.6 Å². The second kappa shape index (κ2) is 7.03. The zero-order valence-electron chi connectivity index (χ0n) is 17.0. The van der Waals surface area contributed by atoms with Crippen molar-refractivity contribution in [1.29, 1.82) is 0 Å². The Morgan fingerprint density at radius 2 is 1.60 bits per heavy atom. The van der Waals surface area contributed by atoms with Gasteiger partial charge in [0.15, 0.2) is 5.78 Å². The van der Waals surface area contributed by atoms with Crippen LogP contribution in [0.15, 0.2) is 42.5 Å². The van der Waals surface area contributed by atoms with E-state index in [0.717, 1.165) is 30.5 Å². The van der Waals surface area contributed by atoms with Gasteiger partial charge in [-0.05, 0) is 80.8 Å². The van der Waals surface area contributed by atoms with Crippen LogP contribution in [-0.4, -0.2) is 41.1 Å². The first-order valence-electron chi connectivity index (χ1n) is 10.4. The van der Waals surface area contributed by atoms with E-state index in [1.54, 1.807) is 24.3 Å². The van der Waals surface area contributed by atoms with Crippen molar-refractivity contribution in [2.75, 3.05) is 11.4 Å². The lowest BCUT2D eigenvalue weighted by molar-refractivity contribution is -0.123. The highest BCUT2D eigenvalue weighted by Gasteiger charge is 2.64. The number of carbonyl (C=O) groups excluding carboxylic acids is 3. The Hall–Kier alpha value is -2.50. The average molecular weight is 423 g/mol. The molecule has 30 heavy (non-hydrogen) atoms. The number of Topliss-reactive ketones (excluding diaryl/α,β-unsaturated/α-hetero) is 1. The van der Waals surface area contributed by atoms with Crippen molar-refractivity contribution in [3.63, 3.8) is 0 Å². The maximum Gasteiger partial charge on any atom is 0.239 e. The molecule has 3 heterocycles. The largest absolute Gasteiger partial charge is 0.292 e. The van der Waals surface area contributed by atoms with E-state index in [2.05, 4.69) is 4.90 Å². The maximum atomic E-state index is 13.6. The van der Waals surface area contributed by atoms with Gasteiger partial charge in [-0.1, -0.05) is 17.7 Å². The van der Waals surface area contributed by atoms with Crippen molar-refractivity contribution in [2.24, 2.45) is 11.8 Å². The number of benzene rings is 2. The third-order valence-corrected chi connectivity index (χ3v) is 6.97. The highest BCUT2D eigenvalue weighted by Crippen LogP contribution is 2.48. The van der Waals surface area contributed by atoms with E-state index < -0.39 is 17.9 Å². The summed E-state index contributed by atoms with van der Waals surface area (Å²) in [5.41, 5.74) is 3.14. The molecule has 3 aliphatic rings. The molecule has 0 N–H and O–H groups in total. The van der Waals surface area contributed by atoms with Crippen LogP contribution in [0.4, 0.5) is 5.69 Å². The van der Waals surface area contributed by atoms with E-state index in [4.69, 9.17) is 11.6 Å². The van der Waals surface area contributed by atoms with Crippen molar-refractivity contribution >= 4 is 34.9 Å². The third-order valence-electron chi connectivity index (χ3n) is 6.71. The molecule has 4 atom stereocenters. The molecule has 6 heteroatoms. The number of hydrogen-bond acceptors (Lipinski definition) is 4. The third kappa shape index (κ3) is 2.83. The fourth-order valence-corrected chi connectivity index (χ4v) is 5.76. The maximum absolute atomic E-state index is 13.6. The Labute approximate surface area is 180 Å². The fraction of sp³-hybridized carbons (Fsp3) is 0.375. The number of fused-ring (bicyclic) bond motifs is 3. The Morgan fingerprint density at radius 3 is 2.27 bits per heavy atom. The molecule has 0 bridgehead atoms. The van der Waals surface area contributed by atoms with Crippen LogP contribution in [-0.2, 0) is 9.59 Å². The fourth-order valence-electron chi connectivity index (χ4n) is 5.63. The number of halogens is 1. The van der Waals surface area contributed by atoms with Gasteiger partial charge >= 0.3 is 0 Å². The Morgan fingerprint density at radius 1 is 0.967 bits per heavy atom. The van der Waals surface area contributed by atoms with Crippen LogP contribution < -0.4 is 4.90 Å². The predicted molar refractivity (Wildman–Crippen MR) is 115 cm³/mol. The number of rotatable bonds is 3. The van der Waals surface area contributed by atoms with Gasteiger partial charge in [-0.15, -0.1) is 0 Å². The van der Waals surface area contributed by atoms with Gasteiger partial charge in [-0.25, -0.2) is 4.90 Å². The molecule has 5 nitrogen and oxygen atoms in total. The van der Waals surface area contributed by atoms with E-state index >= 15 is 0 Å². The van der Waals surface area contributed by atoms with Crippen LogP contribution in [0.3, 0.4) is 0 Å². The number of anilines is 1. The molecule has 2 aromatic carbocycles. The Bertz CT molecular complexity index is 1040. The first-order valence-corrected chi connectivity index (χ1v) is 10.8. The van der Waals surface area contributed by atoms with Crippen LogP contribution in [0.25, 0.3) is 0 Å². The summed E-state index contributed by atoms with van der Waals surface area (Å²) in [6, 6.07) is 11.9. The van der Waals surface area contributed by atoms with Crippen molar-refractivity contribution in [3.8, 4) is 0 Å². The normalized spacial score (nSPS) is 28.2. The topological polar surface area (TPSA) is 57.7 Å². The van der Waals surface area contributed by atoms with Gasteiger partial charge in [0.25, 0.3) is 0 Å². The molecule has 0 aromatic heterocycles. The van der Waals surface area contributed by atoms with Crippen LogP contribution in [0.5, 0.6) is 0 Å². The average Bonchev–Trinajstić information content (AvgIpc) is 3.33. The van der Waals surface area contributed by atoms with Gasteiger partial charge in [-0.3, -0.25) is 19.3 Å². The summed E-state index contributed by atoms with van der Waals surface area (Å²) in [6.45, 7) is 4.65. The highest BCUT2D eigenvalue weighted by molar-refractivity contribution is 6.30. The van der Waals surface area contributed by atoms with Gasteiger partial charge < -0.3 is 0 Å². The molecule has 0 aliphatic carbocycles. The van der Waals surface area contributed by atoms with Gasteiger partial charge in [0.1, 0.15) is 0 Å². The molecule has 5 rings (SSSR count). The number of nitrogens with zero attached hydrogens (tertiary/aromatic N) is 2. The summed E-state index contributed by atoms with van der Waals surface area (Å²) in [7, 11) is 0. The van der Waals surface area contributed by atoms with Crippen LogP contribution in [0.2, 0.25) is 5.02 Å². The molecule has 2 amide bonds. The van der Waals surface area contributed by atoms with E-state index in [-0.39, 0.29) is 23.6 Å². The van der Waals surface area contributed by atoms with Crippen molar-refractivity contribution in [3.05, 3.63) is 64.2 Å². The van der Waals surface area contributed by atoms with Gasteiger partial charge in [0.05, 0.1) is 23.6 Å². The summed E-state index contributed by atoms with van der Waals surface area (Å²) < 4.78 is 0.